The summed E-state index contributed by atoms with van der Waals surface area (Å²) in [5.74, 6) is 0. The predicted octanol–water partition coefficient (Wildman–Crippen LogP) is 1.38. The Hall–Kier alpha value is -1.08. The zero-order valence-electron chi connectivity index (χ0n) is 6.33. The summed E-state index contributed by atoms with van der Waals surface area (Å²) >= 11 is 1.47. The molecule has 1 aromatic rings. The molecule has 56 valence electrons. The van der Waals surface area contributed by atoms with E-state index in [2.05, 4.69) is 9.97 Å². The van der Waals surface area contributed by atoms with E-state index < -0.39 is 0 Å². The Morgan fingerprint density at radius 2 is 2.36 bits per heavy atom. The summed E-state index contributed by atoms with van der Waals surface area (Å²) < 4.78 is 0. The zero-order valence-corrected chi connectivity index (χ0v) is 7.14. The van der Waals surface area contributed by atoms with Crippen molar-refractivity contribution < 1.29 is 0 Å². The van der Waals surface area contributed by atoms with Crippen molar-refractivity contribution in [3.8, 4) is 6.07 Å². The Kier molecular flexibility index (Phi) is 2.44. The number of nitrogens with zero attached hydrogens (tertiary/aromatic N) is 3. The molecule has 0 amide bonds. The number of aromatic nitrogens is 2. The lowest BCUT2D eigenvalue weighted by molar-refractivity contribution is 0.927. The molecular formula is C7H7N3S. The highest BCUT2D eigenvalue weighted by atomic mass is 32.2. The van der Waals surface area contributed by atoms with Crippen LogP contribution in [0, 0.1) is 18.3 Å². The van der Waals surface area contributed by atoms with Gasteiger partial charge in [0, 0.05) is 6.20 Å². The van der Waals surface area contributed by atoms with Gasteiger partial charge in [-0.05, 0) is 13.2 Å². The third-order valence-electron chi connectivity index (χ3n) is 1.26. The van der Waals surface area contributed by atoms with Gasteiger partial charge < -0.3 is 0 Å². The highest BCUT2D eigenvalue weighted by Crippen LogP contribution is 2.09. The Morgan fingerprint density at radius 1 is 1.64 bits per heavy atom. The summed E-state index contributed by atoms with van der Waals surface area (Å²) in [5, 5.41) is 9.25. The van der Waals surface area contributed by atoms with Crippen LogP contribution in [0.5, 0.6) is 0 Å². The molecule has 4 heteroatoms. The normalized spacial score (nSPS) is 9.18. The number of hydrogen-bond acceptors (Lipinski definition) is 4. The van der Waals surface area contributed by atoms with E-state index in [0.29, 0.717) is 10.7 Å². The van der Waals surface area contributed by atoms with E-state index in [1.807, 2.05) is 12.3 Å². The van der Waals surface area contributed by atoms with E-state index in [0.717, 1.165) is 5.69 Å². The van der Waals surface area contributed by atoms with E-state index in [4.69, 9.17) is 5.26 Å². The molecule has 1 heterocycles. The molecule has 0 atom stereocenters. The van der Waals surface area contributed by atoms with Crippen LogP contribution in [0.25, 0.3) is 0 Å². The second-order valence-electron chi connectivity index (χ2n) is 1.97. The van der Waals surface area contributed by atoms with E-state index >= 15 is 0 Å². The van der Waals surface area contributed by atoms with Gasteiger partial charge in [0.05, 0.1) is 11.3 Å². The molecular weight excluding hydrogens is 158 g/mol. The molecule has 11 heavy (non-hydrogen) atoms. The maximum absolute atomic E-state index is 8.55. The fourth-order valence-electron chi connectivity index (χ4n) is 0.654. The van der Waals surface area contributed by atoms with Crippen molar-refractivity contribution in [2.45, 2.75) is 12.1 Å². The van der Waals surface area contributed by atoms with Gasteiger partial charge in [0.2, 0.25) is 0 Å². The third-order valence-corrected chi connectivity index (χ3v) is 1.82. The summed E-state index contributed by atoms with van der Waals surface area (Å²) in [7, 11) is 0. The quantitative estimate of drug-likeness (QED) is 0.466. The van der Waals surface area contributed by atoms with Crippen LogP contribution in [0.1, 0.15) is 11.3 Å². The van der Waals surface area contributed by atoms with Crippen LogP contribution in [0.2, 0.25) is 0 Å². The molecule has 0 aliphatic rings. The van der Waals surface area contributed by atoms with Gasteiger partial charge in [0.15, 0.2) is 5.16 Å². The third kappa shape index (κ3) is 1.69. The van der Waals surface area contributed by atoms with Crippen LogP contribution in [-0.4, -0.2) is 16.2 Å². The van der Waals surface area contributed by atoms with Crippen molar-refractivity contribution in [3.63, 3.8) is 0 Å². The van der Waals surface area contributed by atoms with Gasteiger partial charge in [-0.1, -0.05) is 11.8 Å². The summed E-state index contributed by atoms with van der Waals surface area (Å²) in [6, 6.07) is 2.01. The standard InChI is InChI=1S/C7H7N3S/c1-5-6(3-8)4-9-7(10-5)11-2/h4H,1-2H3. The molecule has 0 radical (unpaired) electrons. The molecule has 1 aromatic heterocycles. The molecule has 0 bridgehead atoms. The minimum absolute atomic E-state index is 0.544. The second kappa shape index (κ2) is 3.35. The number of nitriles is 1. The van der Waals surface area contributed by atoms with Crippen molar-refractivity contribution >= 4 is 11.8 Å². The maximum atomic E-state index is 8.55. The summed E-state index contributed by atoms with van der Waals surface area (Å²) in [5.41, 5.74) is 1.29. The SMILES string of the molecule is CSc1ncc(C#N)c(C)n1. The van der Waals surface area contributed by atoms with Crippen molar-refractivity contribution in [2.24, 2.45) is 0 Å². The topological polar surface area (TPSA) is 49.6 Å². The van der Waals surface area contributed by atoms with Gasteiger partial charge in [-0.3, -0.25) is 0 Å². The molecule has 0 aliphatic heterocycles. The molecule has 0 unspecified atom stereocenters. The van der Waals surface area contributed by atoms with Crippen LogP contribution >= 0.6 is 11.8 Å². The number of rotatable bonds is 1. The lowest BCUT2D eigenvalue weighted by Crippen LogP contribution is -1.92. The van der Waals surface area contributed by atoms with Crippen LogP contribution in [0.15, 0.2) is 11.4 Å². The molecule has 0 aromatic carbocycles. The predicted molar refractivity (Wildman–Crippen MR) is 43.3 cm³/mol. The largest absolute Gasteiger partial charge is 0.230 e. The van der Waals surface area contributed by atoms with E-state index in [1.54, 1.807) is 13.1 Å². The summed E-state index contributed by atoms with van der Waals surface area (Å²) in [6.45, 7) is 1.81. The average molecular weight is 165 g/mol. The summed E-state index contributed by atoms with van der Waals surface area (Å²) in [6.07, 6.45) is 3.45. The number of thioether (sulfide) groups is 1. The van der Waals surface area contributed by atoms with Crippen LogP contribution in [0.4, 0.5) is 0 Å². The first kappa shape index (κ1) is 8.02. The van der Waals surface area contributed by atoms with Crippen LogP contribution in [-0.2, 0) is 0 Å². The molecule has 0 N–H and O–H groups in total. The van der Waals surface area contributed by atoms with Gasteiger partial charge in [0.25, 0.3) is 0 Å². The fraction of sp³-hybridized carbons (Fsp3) is 0.286. The van der Waals surface area contributed by atoms with E-state index in [-0.39, 0.29) is 0 Å². The monoisotopic (exact) mass is 165 g/mol. The Bertz CT molecular complexity index is 303. The second-order valence-corrected chi connectivity index (χ2v) is 2.74. The first-order valence-electron chi connectivity index (χ1n) is 3.05. The molecule has 1 rings (SSSR count). The van der Waals surface area contributed by atoms with Gasteiger partial charge >= 0.3 is 0 Å². The fourth-order valence-corrected chi connectivity index (χ4v) is 1.04. The zero-order chi connectivity index (χ0) is 8.27. The molecule has 0 aliphatic carbocycles. The number of aryl methyl sites for hydroxylation is 1. The van der Waals surface area contributed by atoms with Crippen LogP contribution in [0.3, 0.4) is 0 Å². The van der Waals surface area contributed by atoms with Crippen molar-refractivity contribution in [1.82, 2.24) is 9.97 Å². The Morgan fingerprint density at radius 3 is 2.82 bits per heavy atom. The first-order valence-corrected chi connectivity index (χ1v) is 4.28. The van der Waals surface area contributed by atoms with E-state index in [1.165, 1.54) is 11.8 Å². The van der Waals surface area contributed by atoms with Crippen LogP contribution < -0.4 is 0 Å². The minimum atomic E-state index is 0.544. The van der Waals surface area contributed by atoms with Crippen molar-refractivity contribution in [3.05, 3.63) is 17.5 Å². The molecule has 3 nitrogen and oxygen atoms in total. The molecule has 0 saturated carbocycles. The lowest BCUT2D eigenvalue weighted by atomic mass is 10.3. The van der Waals surface area contributed by atoms with E-state index in [9.17, 15) is 0 Å². The highest BCUT2D eigenvalue weighted by molar-refractivity contribution is 7.98. The molecule has 0 saturated heterocycles. The first-order chi connectivity index (χ1) is 5.27. The minimum Gasteiger partial charge on any atom is -0.230 e. The Balaban J connectivity index is 3.12. The van der Waals surface area contributed by atoms with Gasteiger partial charge in [-0.2, -0.15) is 5.26 Å². The van der Waals surface area contributed by atoms with Gasteiger partial charge in [-0.25, -0.2) is 9.97 Å². The number of hydrogen-bond donors (Lipinski definition) is 0. The summed E-state index contributed by atoms with van der Waals surface area (Å²) in [4.78, 5) is 8.05. The highest BCUT2D eigenvalue weighted by Gasteiger charge is 1.99. The van der Waals surface area contributed by atoms with Crippen molar-refractivity contribution in [2.75, 3.05) is 6.26 Å². The average Bonchev–Trinajstić information content (AvgIpc) is 2.04. The van der Waals surface area contributed by atoms with Crippen molar-refractivity contribution in [1.29, 1.82) is 5.26 Å². The maximum Gasteiger partial charge on any atom is 0.187 e. The molecule has 0 spiro atoms. The smallest absolute Gasteiger partial charge is 0.187 e. The van der Waals surface area contributed by atoms with Gasteiger partial charge in [-0.15, -0.1) is 0 Å². The molecule has 0 fully saturated rings. The lowest BCUT2D eigenvalue weighted by Gasteiger charge is -1.96. The Labute approximate surface area is 69.5 Å². The van der Waals surface area contributed by atoms with Gasteiger partial charge in [0.1, 0.15) is 6.07 Å².